The summed E-state index contributed by atoms with van der Waals surface area (Å²) in [5.41, 5.74) is 3.45. The van der Waals surface area contributed by atoms with Crippen LogP contribution in [0.5, 0.6) is 0 Å². The molecule has 0 bridgehead atoms. The second kappa shape index (κ2) is 5.02. The van der Waals surface area contributed by atoms with Crippen molar-refractivity contribution in [3.05, 3.63) is 58.6 Å². The van der Waals surface area contributed by atoms with Gasteiger partial charge in [-0.15, -0.1) is 0 Å². The van der Waals surface area contributed by atoms with Crippen molar-refractivity contribution in [3.8, 4) is 0 Å². The standard InChI is InChI=1S/C14H12ClNO/c1-10-2-5-13(6-3-10)16-14-7-4-12(15)8-11(14)9-17/h2-9,16H,1H3. The Labute approximate surface area is 105 Å². The quantitative estimate of drug-likeness (QED) is 0.821. The van der Waals surface area contributed by atoms with Crippen LogP contribution in [-0.4, -0.2) is 6.29 Å². The Morgan fingerprint density at radius 3 is 2.47 bits per heavy atom. The summed E-state index contributed by atoms with van der Waals surface area (Å²) in [5, 5.41) is 3.74. The van der Waals surface area contributed by atoms with Crippen molar-refractivity contribution in [2.24, 2.45) is 0 Å². The third-order valence-electron chi connectivity index (χ3n) is 2.47. The molecule has 0 fully saturated rings. The molecule has 0 aromatic heterocycles. The molecule has 0 aliphatic carbocycles. The van der Waals surface area contributed by atoms with Gasteiger partial charge in [0.2, 0.25) is 0 Å². The molecule has 2 nitrogen and oxygen atoms in total. The number of rotatable bonds is 3. The van der Waals surface area contributed by atoms with Gasteiger partial charge >= 0.3 is 0 Å². The van der Waals surface area contributed by atoms with Crippen molar-refractivity contribution in [3.63, 3.8) is 0 Å². The molecular weight excluding hydrogens is 234 g/mol. The molecule has 0 unspecified atom stereocenters. The molecular formula is C14H12ClNO. The average molecular weight is 246 g/mol. The predicted octanol–water partition coefficient (Wildman–Crippen LogP) is 4.20. The first-order chi connectivity index (χ1) is 8.19. The topological polar surface area (TPSA) is 29.1 Å². The predicted molar refractivity (Wildman–Crippen MR) is 71.3 cm³/mol. The van der Waals surface area contributed by atoms with Crippen LogP contribution in [0.3, 0.4) is 0 Å². The summed E-state index contributed by atoms with van der Waals surface area (Å²) in [4.78, 5) is 10.9. The van der Waals surface area contributed by atoms with E-state index in [4.69, 9.17) is 11.6 Å². The molecule has 0 amide bonds. The molecule has 1 N–H and O–H groups in total. The van der Waals surface area contributed by atoms with Crippen LogP contribution in [0.25, 0.3) is 0 Å². The number of carbonyl (C=O) groups is 1. The fourth-order valence-corrected chi connectivity index (χ4v) is 1.72. The van der Waals surface area contributed by atoms with Gasteiger partial charge in [-0.3, -0.25) is 4.79 Å². The minimum Gasteiger partial charge on any atom is -0.355 e. The minimum absolute atomic E-state index is 0.554. The van der Waals surface area contributed by atoms with E-state index in [9.17, 15) is 4.79 Å². The lowest BCUT2D eigenvalue weighted by Gasteiger charge is -2.09. The lowest BCUT2D eigenvalue weighted by atomic mass is 10.1. The van der Waals surface area contributed by atoms with Crippen molar-refractivity contribution < 1.29 is 4.79 Å². The second-order valence-corrected chi connectivity index (χ2v) is 4.28. The Morgan fingerprint density at radius 2 is 1.82 bits per heavy atom. The van der Waals surface area contributed by atoms with Gasteiger partial charge in [0.15, 0.2) is 6.29 Å². The Bertz CT molecular complexity index is 534. The van der Waals surface area contributed by atoms with E-state index in [2.05, 4.69) is 5.32 Å². The van der Waals surface area contributed by atoms with E-state index in [1.165, 1.54) is 5.56 Å². The van der Waals surface area contributed by atoms with Crippen LogP contribution in [0.15, 0.2) is 42.5 Å². The van der Waals surface area contributed by atoms with Gasteiger partial charge < -0.3 is 5.32 Å². The summed E-state index contributed by atoms with van der Waals surface area (Å²) in [6.45, 7) is 2.03. The zero-order valence-corrected chi connectivity index (χ0v) is 10.2. The molecule has 0 spiro atoms. The van der Waals surface area contributed by atoms with E-state index < -0.39 is 0 Å². The zero-order chi connectivity index (χ0) is 12.3. The van der Waals surface area contributed by atoms with Crippen LogP contribution in [0.1, 0.15) is 15.9 Å². The maximum Gasteiger partial charge on any atom is 0.152 e. The van der Waals surface area contributed by atoms with Gasteiger partial charge in [0.05, 0.1) is 0 Å². The zero-order valence-electron chi connectivity index (χ0n) is 9.41. The number of nitrogens with one attached hydrogen (secondary N) is 1. The smallest absolute Gasteiger partial charge is 0.152 e. The summed E-state index contributed by atoms with van der Waals surface area (Å²) in [6.07, 6.45) is 0.794. The fourth-order valence-electron chi connectivity index (χ4n) is 1.54. The number of hydrogen-bond acceptors (Lipinski definition) is 2. The molecule has 86 valence electrons. The highest BCUT2D eigenvalue weighted by Gasteiger charge is 2.02. The van der Waals surface area contributed by atoms with E-state index in [0.717, 1.165) is 17.7 Å². The Hall–Kier alpha value is -1.80. The number of halogens is 1. The van der Waals surface area contributed by atoms with E-state index >= 15 is 0 Å². The lowest BCUT2D eigenvalue weighted by Crippen LogP contribution is -1.95. The van der Waals surface area contributed by atoms with Gasteiger partial charge in [-0.1, -0.05) is 29.3 Å². The lowest BCUT2D eigenvalue weighted by molar-refractivity contribution is 0.112. The number of hydrogen-bond donors (Lipinski definition) is 1. The Morgan fingerprint density at radius 1 is 1.12 bits per heavy atom. The Balaban J connectivity index is 2.29. The van der Waals surface area contributed by atoms with Crippen LogP contribution in [0, 0.1) is 6.92 Å². The summed E-state index contributed by atoms with van der Waals surface area (Å²) in [7, 11) is 0. The highest BCUT2D eigenvalue weighted by Crippen LogP contribution is 2.23. The number of benzene rings is 2. The van der Waals surface area contributed by atoms with Crippen LogP contribution >= 0.6 is 11.6 Å². The summed E-state index contributed by atoms with van der Waals surface area (Å²) < 4.78 is 0. The molecule has 0 radical (unpaired) electrons. The SMILES string of the molecule is Cc1ccc(Nc2ccc(Cl)cc2C=O)cc1. The molecule has 2 aromatic carbocycles. The molecule has 0 saturated heterocycles. The average Bonchev–Trinajstić information content (AvgIpc) is 2.34. The summed E-state index contributed by atoms with van der Waals surface area (Å²) in [6, 6.07) is 13.2. The van der Waals surface area contributed by atoms with Gasteiger partial charge in [0.25, 0.3) is 0 Å². The number of anilines is 2. The summed E-state index contributed by atoms with van der Waals surface area (Å²) >= 11 is 5.83. The first kappa shape index (κ1) is 11.7. The highest BCUT2D eigenvalue weighted by atomic mass is 35.5. The maximum absolute atomic E-state index is 10.9. The van der Waals surface area contributed by atoms with Gasteiger partial charge in [-0.25, -0.2) is 0 Å². The summed E-state index contributed by atoms with van der Waals surface area (Å²) in [5.74, 6) is 0. The van der Waals surface area contributed by atoms with Crippen molar-refractivity contribution >= 4 is 29.3 Å². The molecule has 3 heteroatoms. The van der Waals surface area contributed by atoms with Crippen LogP contribution in [0.4, 0.5) is 11.4 Å². The van der Waals surface area contributed by atoms with Crippen LogP contribution in [-0.2, 0) is 0 Å². The largest absolute Gasteiger partial charge is 0.355 e. The van der Waals surface area contributed by atoms with Crippen molar-refractivity contribution in [2.75, 3.05) is 5.32 Å². The van der Waals surface area contributed by atoms with Crippen LogP contribution in [0.2, 0.25) is 5.02 Å². The number of aryl methyl sites for hydroxylation is 1. The molecule has 0 aliphatic rings. The molecule has 0 atom stereocenters. The monoisotopic (exact) mass is 245 g/mol. The first-order valence-electron chi connectivity index (χ1n) is 5.27. The molecule has 17 heavy (non-hydrogen) atoms. The van der Waals surface area contributed by atoms with E-state index in [1.807, 2.05) is 31.2 Å². The van der Waals surface area contributed by atoms with Gasteiger partial charge in [-0.05, 0) is 37.3 Å². The molecule has 2 aromatic rings. The normalized spacial score (nSPS) is 10.0. The van der Waals surface area contributed by atoms with Crippen molar-refractivity contribution in [2.45, 2.75) is 6.92 Å². The molecule has 0 saturated carbocycles. The first-order valence-corrected chi connectivity index (χ1v) is 5.65. The molecule has 0 aliphatic heterocycles. The number of carbonyl (C=O) groups excluding carboxylic acids is 1. The van der Waals surface area contributed by atoms with Gasteiger partial charge in [0, 0.05) is 22.0 Å². The third kappa shape index (κ3) is 2.86. The van der Waals surface area contributed by atoms with E-state index in [0.29, 0.717) is 10.6 Å². The van der Waals surface area contributed by atoms with Crippen molar-refractivity contribution in [1.82, 2.24) is 0 Å². The minimum atomic E-state index is 0.554. The number of aldehydes is 1. The van der Waals surface area contributed by atoms with Gasteiger partial charge in [0.1, 0.15) is 0 Å². The Kier molecular flexibility index (Phi) is 3.45. The van der Waals surface area contributed by atoms with E-state index in [-0.39, 0.29) is 0 Å². The molecule has 0 heterocycles. The fraction of sp³-hybridized carbons (Fsp3) is 0.0714. The maximum atomic E-state index is 10.9. The molecule has 2 rings (SSSR count). The highest BCUT2D eigenvalue weighted by molar-refractivity contribution is 6.31. The van der Waals surface area contributed by atoms with Crippen LogP contribution < -0.4 is 5.32 Å². The second-order valence-electron chi connectivity index (χ2n) is 3.84. The van der Waals surface area contributed by atoms with E-state index in [1.54, 1.807) is 18.2 Å². The van der Waals surface area contributed by atoms with Crippen molar-refractivity contribution in [1.29, 1.82) is 0 Å². The van der Waals surface area contributed by atoms with Gasteiger partial charge in [-0.2, -0.15) is 0 Å². The third-order valence-corrected chi connectivity index (χ3v) is 2.71.